The summed E-state index contributed by atoms with van der Waals surface area (Å²) in [7, 11) is -1.48. The summed E-state index contributed by atoms with van der Waals surface area (Å²) in [4.78, 5) is 25.2. The first-order valence-electron chi connectivity index (χ1n) is 5.93. The molecule has 0 saturated carbocycles. The van der Waals surface area contributed by atoms with Crippen LogP contribution < -0.4 is 5.43 Å². The molecule has 2 aliphatic rings. The van der Waals surface area contributed by atoms with Crippen molar-refractivity contribution < 1.29 is 26.8 Å². The van der Waals surface area contributed by atoms with E-state index in [1.165, 1.54) is 9.91 Å². The van der Waals surface area contributed by atoms with Crippen LogP contribution in [0.25, 0.3) is 0 Å². The van der Waals surface area contributed by atoms with Gasteiger partial charge in [-0.1, -0.05) is 0 Å². The molecule has 2 atom stereocenters. The normalized spacial score (nSPS) is 26.3. The molecule has 0 spiro atoms. The molecule has 0 unspecified atom stereocenters. The lowest BCUT2D eigenvalue weighted by Crippen LogP contribution is -2.52. The van der Waals surface area contributed by atoms with E-state index in [0.717, 1.165) is 0 Å². The largest absolute Gasteiger partial charge is 0.418 e. The summed E-state index contributed by atoms with van der Waals surface area (Å²) >= 11 is 0. The number of amides is 3. The van der Waals surface area contributed by atoms with E-state index < -0.39 is 28.5 Å². The highest BCUT2D eigenvalue weighted by Gasteiger charge is 2.49. The zero-order chi connectivity index (χ0) is 15.1. The first kappa shape index (κ1) is 15.0. The predicted molar refractivity (Wildman–Crippen MR) is 65.2 cm³/mol. The molecule has 2 saturated heterocycles. The Hall–Kier alpha value is -1.43. The van der Waals surface area contributed by atoms with Crippen molar-refractivity contribution in [1.29, 1.82) is 0 Å². The second kappa shape index (κ2) is 5.16. The highest BCUT2D eigenvalue weighted by Crippen LogP contribution is 2.30. The molecule has 0 radical (unpaired) electrons. The number of hydroxylamine groups is 2. The third kappa shape index (κ3) is 3.00. The van der Waals surface area contributed by atoms with E-state index in [9.17, 15) is 18.0 Å². The van der Waals surface area contributed by atoms with Gasteiger partial charge in [-0.25, -0.2) is 9.80 Å². The summed E-state index contributed by atoms with van der Waals surface area (Å²) < 4.78 is 34.4. The average Bonchev–Trinajstić information content (AvgIpc) is 2.52. The second-order valence-electron chi connectivity index (χ2n) is 4.88. The third-order valence-corrected chi connectivity index (χ3v) is 3.48. The van der Waals surface area contributed by atoms with Gasteiger partial charge in [-0.2, -0.15) is 13.5 Å². The minimum absolute atomic E-state index is 0.180. The van der Waals surface area contributed by atoms with Gasteiger partial charge in [-0.3, -0.25) is 14.8 Å². The molecule has 2 aliphatic heterocycles. The summed E-state index contributed by atoms with van der Waals surface area (Å²) in [6, 6.07) is -1.92. The van der Waals surface area contributed by atoms with E-state index >= 15 is 0 Å². The van der Waals surface area contributed by atoms with Crippen LogP contribution in [0.5, 0.6) is 0 Å². The van der Waals surface area contributed by atoms with Crippen molar-refractivity contribution in [2.45, 2.75) is 24.9 Å². The lowest BCUT2D eigenvalue weighted by atomic mass is 10.0. The highest BCUT2D eigenvalue weighted by molar-refractivity contribution is 7.80. The van der Waals surface area contributed by atoms with Crippen LogP contribution in [-0.4, -0.2) is 72.6 Å². The van der Waals surface area contributed by atoms with E-state index in [4.69, 9.17) is 4.55 Å². The van der Waals surface area contributed by atoms with Crippen molar-refractivity contribution in [1.82, 2.24) is 20.4 Å². The lowest BCUT2D eigenvalue weighted by Gasteiger charge is -2.30. The van der Waals surface area contributed by atoms with Gasteiger partial charge < -0.3 is 4.90 Å². The van der Waals surface area contributed by atoms with E-state index in [-0.39, 0.29) is 12.5 Å². The molecule has 0 aromatic heterocycles. The van der Waals surface area contributed by atoms with Gasteiger partial charge >= 0.3 is 16.4 Å². The Morgan fingerprint density at radius 3 is 2.65 bits per heavy atom. The maximum Gasteiger partial charge on any atom is 0.418 e. The number of hydrogen-bond acceptors (Lipinski definition) is 6. The Bertz CT molecular complexity index is 521. The van der Waals surface area contributed by atoms with Gasteiger partial charge in [0.05, 0.1) is 6.04 Å². The van der Waals surface area contributed by atoms with Gasteiger partial charge in [0.2, 0.25) is 0 Å². The zero-order valence-corrected chi connectivity index (χ0v) is 11.8. The van der Waals surface area contributed by atoms with Gasteiger partial charge in [0.15, 0.2) is 0 Å². The quantitative estimate of drug-likeness (QED) is 0.483. The van der Waals surface area contributed by atoms with Crippen LogP contribution in [0, 0.1) is 0 Å². The van der Waals surface area contributed by atoms with Crippen LogP contribution in [0.3, 0.4) is 0 Å². The third-order valence-electron chi connectivity index (χ3n) is 3.13. The standard InChI is InChI=1S/C9H16N4O6S/c1-11(2)10-8(14)7-4-3-6-5-12(7)9(15)13(6)19-20(16,17)18/h6-7H,3-5H2,1-2H3,(H,10,14)(H,16,17,18)/t6-,7+/m1/s1. The molecular formula is C9H16N4O6S. The fourth-order valence-corrected chi connectivity index (χ4v) is 2.79. The Morgan fingerprint density at radius 2 is 2.10 bits per heavy atom. The number of urea groups is 1. The van der Waals surface area contributed by atoms with Crippen LogP contribution in [0.2, 0.25) is 0 Å². The van der Waals surface area contributed by atoms with Crippen LogP contribution in [0.4, 0.5) is 4.79 Å². The van der Waals surface area contributed by atoms with Crippen molar-refractivity contribution in [2.75, 3.05) is 20.6 Å². The van der Waals surface area contributed by atoms with Crippen molar-refractivity contribution in [2.24, 2.45) is 0 Å². The van der Waals surface area contributed by atoms with E-state index in [1.807, 2.05) is 0 Å². The SMILES string of the molecule is CN(C)NC(=O)[C@@H]1CC[C@@H]2CN1C(=O)N2OS(=O)(=O)O. The molecule has 0 aromatic carbocycles. The maximum absolute atomic E-state index is 12.0. The number of carbonyl (C=O) groups excluding carboxylic acids is 2. The molecule has 0 aromatic rings. The van der Waals surface area contributed by atoms with Crippen molar-refractivity contribution in [3.8, 4) is 0 Å². The van der Waals surface area contributed by atoms with Crippen molar-refractivity contribution in [3.63, 3.8) is 0 Å². The maximum atomic E-state index is 12.0. The topological polar surface area (TPSA) is 119 Å². The predicted octanol–water partition coefficient (Wildman–Crippen LogP) is -1.42. The smallest absolute Gasteiger partial charge is 0.309 e. The molecule has 0 aliphatic carbocycles. The van der Waals surface area contributed by atoms with Crippen molar-refractivity contribution in [3.05, 3.63) is 0 Å². The summed E-state index contributed by atoms with van der Waals surface area (Å²) in [6.07, 6.45) is 0.796. The second-order valence-corrected chi connectivity index (χ2v) is 5.88. The summed E-state index contributed by atoms with van der Waals surface area (Å²) in [5, 5.41) is 2.07. The van der Waals surface area contributed by atoms with Gasteiger partial charge in [0.25, 0.3) is 5.91 Å². The summed E-state index contributed by atoms with van der Waals surface area (Å²) in [6.45, 7) is 0.180. The molecule has 2 bridgehead atoms. The molecule has 11 heteroatoms. The van der Waals surface area contributed by atoms with E-state index in [1.54, 1.807) is 14.1 Å². The summed E-state index contributed by atoms with van der Waals surface area (Å²) in [5.74, 6) is -0.351. The lowest BCUT2D eigenvalue weighted by molar-refractivity contribution is -0.129. The van der Waals surface area contributed by atoms with Gasteiger partial charge in [0, 0.05) is 20.6 Å². The number of nitrogens with one attached hydrogen (secondary N) is 1. The van der Waals surface area contributed by atoms with E-state index in [0.29, 0.717) is 17.9 Å². The van der Waals surface area contributed by atoms with Crippen LogP contribution >= 0.6 is 0 Å². The minimum atomic E-state index is -4.77. The number of carbonyl (C=O) groups is 2. The highest BCUT2D eigenvalue weighted by atomic mass is 32.3. The van der Waals surface area contributed by atoms with Crippen LogP contribution in [0.15, 0.2) is 0 Å². The average molecular weight is 308 g/mol. The number of piperidine rings is 1. The Balaban J connectivity index is 2.11. The molecule has 2 N–H and O–H groups in total. The first-order valence-corrected chi connectivity index (χ1v) is 7.30. The number of rotatable bonds is 4. The Labute approximate surface area is 116 Å². The van der Waals surface area contributed by atoms with Gasteiger partial charge in [0.1, 0.15) is 6.04 Å². The van der Waals surface area contributed by atoms with Gasteiger partial charge in [-0.05, 0) is 12.8 Å². The molecular weight excluding hydrogens is 292 g/mol. The molecule has 2 fully saturated rings. The Kier molecular flexibility index (Phi) is 3.86. The van der Waals surface area contributed by atoms with Crippen molar-refractivity contribution >= 4 is 22.3 Å². The molecule has 3 amide bonds. The first-order chi connectivity index (χ1) is 9.19. The molecule has 10 nitrogen and oxygen atoms in total. The molecule has 114 valence electrons. The number of hydrazine groups is 1. The molecule has 20 heavy (non-hydrogen) atoms. The molecule has 2 heterocycles. The molecule has 2 rings (SSSR count). The number of nitrogens with zero attached hydrogens (tertiary/aromatic N) is 3. The Morgan fingerprint density at radius 1 is 1.45 bits per heavy atom. The minimum Gasteiger partial charge on any atom is -0.309 e. The van der Waals surface area contributed by atoms with E-state index in [2.05, 4.69) is 9.71 Å². The number of fused-ring (bicyclic) bond motifs is 2. The number of hydrogen-bond donors (Lipinski definition) is 2. The zero-order valence-electron chi connectivity index (χ0n) is 11.0. The van der Waals surface area contributed by atoms with Gasteiger partial charge in [-0.15, -0.1) is 4.28 Å². The summed E-state index contributed by atoms with van der Waals surface area (Å²) in [5.41, 5.74) is 2.55. The fraction of sp³-hybridized carbons (Fsp3) is 0.778. The van der Waals surface area contributed by atoms with Crippen LogP contribution in [-0.2, 0) is 19.5 Å². The monoisotopic (exact) mass is 308 g/mol. The van der Waals surface area contributed by atoms with Crippen LogP contribution in [0.1, 0.15) is 12.8 Å². The fourth-order valence-electron chi connectivity index (χ4n) is 2.40.